The molecule has 1 atom stereocenters. The molecule has 3 rings (SSSR count). The number of benzene rings is 2. The minimum Gasteiger partial charge on any atom is -0.486 e. The van der Waals surface area contributed by atoms with Gasteiger partial charge in [0.1, 0.15) is 13.2 Å². The molecule has 3 heteroatoms. The summed E-state index contributed by atoms with van der Waals surface area (Å²) < 4.78 is 11.3. The first kappa shape index (κ1) is 16.7. The van der Waals surface area contributed by atoms with E-state index in [1.807, 2.05) is 13.1 Å². The predicted molar refractivity (Wildman–Crippen MR) is 99.5 cm³/mol. The largest absolute Gasteiger partial charge is 0.486 e. The molecule has 0 aromatic heterocycles. The Kier molecular flexibility index (Phi) is 4.98. The molecule has 3 nitrogen and oxygen atoms in total. The molecule has 128 valence electrons. The van der Waals surface area contributed by atoms with Crippen LogP contribution in [0.2, 0.25) is 0 Å². The highest BCUT2D eigenvalue weighted by Gasteiger charge is 2.15. The lowest BCUT2D eigenvalue weighted by Gasteiger charge is -2.21. The van der Waals surface area contributed by atoms with Gasteiger partial charge in [-0.15, -0.1) is 0 Å². The Balaban J connectivity index is 1.86. The van der Waals surface area contributed by atoms with Crippen LogP contribution in [0, 0.1) is 5.92 Å². The fraction of sp³-hybridized carbons (Fsp3) is 0.429. The number of rotatable bonds is 5. The molecule has 24 heavy (non-hydrogen) atoms. The quantitative estimate of drug-likeness (QED) is 0.852. The van der Waals surface area contributed by atoms with Crippen LogP contribution in [0.5, 0.6) is 11.5 Å². The second kappa shape index (κ2) is 7.16. The van der Waals surface area contributed by atoms with E-state index in [1.165, 1.54) is 22.4 Å². The smallest absolute Gasteiger partial charge is 0.161 e. The number of nitrogens with one attached hydrogen (secondary N) is 1. The van der Waals surface area contributed by atoms with Crippen LogP contribution in [0.25, 0.3) is 0 Å². The molecule has 2 aromatic rings. The summed E-state index contributed by atoms with van der Waals surface area (Å²) >= 11 is 0. The lowest BCUT2D eigenvalue weighted by Crippen LogP contribution is -2.15. The number of hydrogen-bond acceptors (Lipinski definition) is 3. The van der Waals surface area contributed by atoms with E-state index < -0.39 is 0 Å². The number of fused-ring (bicyclic) bond motifs is 1. The second-order valence-corrected chi connectivity index (χ2v) is 6.86. The van der Waals surface area contributed by atoms with E-state index in [2.05, 4.69) is 56.4 Å². The van der Waals surface area contributed by atoms with E-state index in [9.17, 15) is 0 Å². The van der Waals surface area contributed by atoms with Gasteiger partial charge < -0.3 is 14.8 Å². The van der Waals surface area contributed by atoms with Crippen molar-refractivity contribution in [3.05, 3.63) is 53.1 Å². The summed E-state index contributed by atoms with van der Waals surface area (Å²) in [6.45, 7) is 8.11. The molecule has 0 spiro atoms. The highest BCUT2D eigenvalue weighted by molar-refractivity contribution is 5.55. The number of hydrogen-bond donors (Lipinski definition) is 1. The van der Waals surface area contributed by atoms with E-state index in [4.69, 9.17) is 9.47 Å². The van der Waals surface area contributed by atoms with Gasteiger partial charge in [0, 0.05) is 12.7 Å². The lowest BCUT2D eigenvalue weighted by atomic mass is 9.87. The molecule has 0 aliphatic carbocycles. The van der Waals surface area contributed by atoms with Crippen LogP contribution >= 0.6 is 0 Å². The van der Waals surface area contributed by atoms with Gasteiger partial charge in [-0.2, -0.15) is 0 Å². The van der Waals surface area contributed by atoms with Crippen molar-refractivity contribution >= 4 is 5.69 Å². The van der Waals surface area contributed by atoms with Crippen molar-refractivity contribution in [2.45, 2.75) is 33.1 Å². The van der Waals surface area contributed by atoms with Gasteiger partial charge in [-0.25, -0.2) is 0 Å². The maximum absolute atomic E-state index is 5.70. The molecular weight excluding hydrogens is 298 g/mol. The van der Waals surface area contributed by atoms with Crippen molar-refractivity contribution in [1.82, 2.24) is 0 Å². The number of ether oxygens (including phenoxy) is 2. The molecule has 0 amide bonds. The first-order chi connectivity index (χ1) is 11.6. The van der Waals surface area contributed by atoms with Gasteiger partial charge in [0.25, 0.3) is 0 Å². The molecule has 2 aromatic carbocycles. The van der Waals surface area contributed by atoms with Gasteiger partial charge in [0.15, 0.2) is 11.5 Å². The molecule has 1 unspecified atom stereocenters. The highest BCUT2D eigenvalue weighted by atomic mass is 16.6. The highest BCUT2D eigenvalue weighted by Crippen LogP contribution is 2.33. The summed E-state index contributed by atoms with van der Waals surface area (Å²) in [6, 6.07) is 13.0. The third-order valence-electron chi connectivity index (χ3n) is 4.89. The standard InChI is InChI=1S/C21H27NO2/c1-14(2)15(3)18-12-16(5-7-19(18)22-4)11-17-6-8-20-21(13-17)24-10-9-23-20/h5-8,12-15,22H,9-11H2,1-4H3. The number of anilines is 1. The van der Waals surface area contributed by atoms with Crippen LogP contribution in [-0.4, -0.2) is 20.3 Å². The average molecular weight is 325 g/mol. The van der Waals surface area contributed by atoms with Crippen molar-refractivity contribution in [2.24, 2.45) is 5.92 Å². The van der Waals surface area contributed by atoms with E-state index >= 15 is 0 Å². The Bertz CT molecular complexity index is 709. The third-order valence-corrected chi connectivity index (χ3v) is 4.89. The van der Waals surface area contributed by atoms with E-state index in [0.29, 0.717) is 25.0 Å². The van der Waals surface area contributed by atoms with Crippen LogP contribution in [0.1, 0.15) is 43.4 Å². The van der Waals surface area contributed by atoms with Crippen LogP contribution in [0.15, 0.2) is 36.4 Å². The van der Waals surface area contributed by atoms with Crippen LogP contribution in [0.4, 0.5) is 5.69 Å². The van der Waals surface area contributed by atoms with Crippen molar-refractivity contribution in [1.29, 1.82) is 0 Å². The van der Waals surface area contributed by atoms with E-state index in [1.54, 1.807) is 0 Å². The molecule has 0 fully saturated rings. The molecule has 1 N–H and O–H groups in total. The molecular formula is C21H27NO2. The summed E-state index contributed by atoms with van der Waals surface area (Å²) in [5.41, 5.74) is 5.19. The maximum atomic E-state index is 5.70. The van der Waals surface area contributed by atoms with Crippen LogP contribution in [0.3, 0.4) is 0 Å². The van der Waals surface area contributed by atoms with Crippen LogP contribution in [-0.2, 0) is 6.42 Å². The van der Waals surface area contributed by atoms with Crippen molar-refractivity contribution < 1.29 is 9.47 Å². The Hall–Kier alpha value is -2.16. The van der Waals surface area contributed by atoms with Crippen molar-refractivity contribution in [2.75, 3.05) is 25.6 Å². The SMILES string of the molecule is CNc1ccc(Cc2ccc3c(c2)OCCO3)cc1C(C)C(C)C. The Morgan fingerprint density at radius 2 is 1.58 bits per heavy atom. The second-order valence-electron chi connectivity index (χ2n) is 6.86. The van der Waals surface area contributed by atoms with Gasteiger partial charge in [-0.1, -0.05) is 39.0 Å². The first-order valence-corrected chi connectivity index (χ1v) is 8.77. The monoisotopic (exact) mass is 325 g/mol. The molecule has 0 saturated carbocycles. The average Bonchev–Trinajstić information content (AvgIpc) is 2.60. The first-order valence-electron chi connectivity index (χ1n) is 8.77. The fourth-order valence-electron chi connectivity index (χ4n) is 3.12. The normalized spacial score (nSPS) is 14.5. The van der Waals surface area contributed by atoms with Gasteiger partial charge in [0.2, 0.25) is 0 Å². The minimum atomic E-state index is 0.521. The zero-order chi connectivity index (χ0) is 17.1. The van der Waals surface area contributed by atoms with E-state index in [0.717, 1.165) is 17.9 Å². The molecule has 1 aliphatic rings. The topological polar surface area (TPSA) is 30.5 Å². The van der Waals surface area contributed by atoms with E-state index in [-0.39, 0.29) is 0 Å². The Morgan fingerprint density at radius 1 is 0.917 bits per heavy atom. The Labute approximate surface area is 145 Å². The molecule has 0 saturated heterocycles. The third kappa shape index (κ3) is 3.50. The lowest BCUT2D eigenvalue weighted by molar-refractivity contribution is 0.171. The van der Waals surface area contributed by atoms with Gasteiger partial charge in [-0.3, -0.25) is 0 Å². The maximum Gasteiger partial charge on any atom is 0.161 e. The minimum absolute atomic E-state index is 0.521. The summed E-state index contributed by atoms with van der Waals surface area (Å²) in [7, 11) is 1.99. The molecule has 1 heterocycles. The summed E-state index contributed by atoms with van der Waals surface area (Å²) in [6.07, 6.45) is 0.901. The summed E-state index contributed by atoms with van der Waals surface area (Å²) in [5.74, 6) is 2.85. The zero-order valence-electron chi connectivity index (χ0n) is 15.1. The zero-order valence-corrected chi connectivity index (χ0v) is 15.1. The van der Waals surface area contributed by atoms with Gasteiger partial charge in [0.05, 0.1) is 0 Å². The Morgan fingerprint density at radius 3 is 2.29 bits per heavy atom. The van der Waals surface area contributed by atoms with Crippen molar-refractivity contribution in [3.63, 3.8) is 0 Å². The van der Waals surface area contributed by atoms with Crippen LogP contribution < -0.4 is 14.8 Å². The molecule has 0 bridgehead atoms. The van der Waals surface area contributed by atoms with Gasteiger partial charge >= 0.3 is 0 Å². The summed E-state index contributed by atoms with van der Waals surface area (Å²) in [4.78, 5) is 0. The van der Waals surface area contributed by atoms with Gasteiger partial charge in [-0.05, 0) is 53.1 Å². The predicted octanol–water partition coefficient (Wildman–Crippen LogP) is 4.85. The molecule has 1 aliphatic heterocycles. The van der Waals surface area contributed by atoms with Crippen molar-refractivity contribution in [3.8, 4) is 11.5 Å². The fourth-order valence-corrected chi connectivity index (χ4v) is 3.12. The molecule has 0 radical (unpaired) electrons. The summed E-state index contributed by atoms with van der Waals surface area (Å²) in [5, 5.41) is 3.33.